The Morgan fingerprint density at radius 2 is 1.86 bits per heavy atom. The molecular formula is C26H35N7OS. The van der Waals surface area contributed by atoms with Crippen LogP contribution in [0.5, 0.6) is 0 Å². The summed E-state index contributed by atoms with van der Waals surface area (Å²) in [7, 11) is 3.98. The summed E-state index contributed by atoms with van der Waals surface area (Å²) in [5, 5.41) is 3.67. The monoisotopic (exact) mass is 493 g/mol. The van der Waals surface area contributed by atoms with Crippen LogP contribution in [0.4, 0.5) is 10.9 Å². The third-order valence-electron chi connectivity index (χ3n) is 6.32. The minimum absolute atomic E-state index is 0.00839. The summed E-state index contributed by atoms with van der Waals surface area (Å²) in [6.45, 7) is 8.83. The zero-order chi connectivity index (χ0) is 24.8. The first kappa shape index (κ1) is 25.2. The summed E-state index contributed by atoms with van der Waals surface area (Å²) in [4.78, 5) is 34.1. The van der Waals surface area contributed by atoms with Gasteiger partial charge in [0.05, 0.1) is 12.2 Å². The first-order valence-corrected chi connectivity index (χ1v) is 12.9. The largest absolute Gasteiger partial charge is 0.363 e. The van der Waals surface area contributed by atoms with Crippen LogP contribution in [0.1, 0.15) is 21.8 Å². The zero-order valence-electron chi connectivity index (χ0n) is 21.1. The molecule has 1 aromatic carbocycles. The van der Waals surface area contributed by atoms with E-state index >= 15 is 0 Å². The summed E-state index contributed by atoms with van der Waals surface area (Å²) in [5.41, 5.74) is 3.32. The number of aromatic nitrogens is 3. The summed E-state index contributed by atoms with van der Waals surface area (Å²) in [6.07, 6.45) is 2.49. The number of benzene rings is 1. The van der Waals surface area contributed by atoms with Crippen molar-refractivity contribution in [3.8, 4) is 0 Å². The van der Waals surface area contributed by atoms with Gasteiger partial charge in [-0.1, -0.05) is 30.3 Å². The van der Waals surface area contributed by atoms with Gasteiger partial charge >= 0.3 is 0 Å². The molecule has 3 heterocycles. The van der Waals surface area contributed by atoms with Crippen molar-refractivity contribution in [1.29, 1.82) is 0 Å². The van der Waals surface area contributed by atoms with Crippen molar-refractivity contribution in [2.45, 2.75) is 26.8 Å². The van der Waals surface area contributed by atoms with Crippen molar-refractivity contribution >= 4 is 28.2 Å². The molecule has 1 fully saturated rings. The molecule has 3 aromatic rings. The van der Waals surface area contributed by atoms with Gasteiger partial charge in [-0.15, -0.1) is 11.3 Å². The molecule has 0 radical (unpaired) electrons. The Labute approximate surface area is 212 Å². The highest BCUT2D eigenvalue weighted by Gasteiger charge is 2.25. The quantitative estimate of drug-likeness (QED) is 0.516. The maximum Gasteiger partial charge on any atom is 0.240 e. The summed E-state index contributed by atoms with van der Waals surface area (Å²) in [5.74, 6) is 1.25. The molecule has 2 aromatic heterocycles. The molecule has 1 aliphatic heterocycles. The van der Waals surface area contributed by atoms with Crippen LogP contribution in [0.15, 0.2) is 42.7 Å². The molecule has 0 saturated carbocycles. The lowest BCUT2D eigenvalue weighted by atomic mass is 10.0. The predicted molar refractivity (Wildman–Crippen MR) is 142 cm³/mol. The second-order valence-electron chi connectivity index (χ2n) is 9.50. The van der Waals surface area contributed by atoms with E-state index in [1.54, 1.807) is 6.33 Å². The minimum Gasteiger partial charge on any atom is -0.363 e. The number of carbonyl (C=O) groups is 1. The highest BCUT2D eigenvalue weighted by Crippen LogP contribution is 2.22. The molecule has 186 valence electrons. The van der Waals surface area contributed by atoms with Crippen molar-refractivity contribution in [2.75, 3.05) is 57.0 Å². The smallest absolute Gasteiger partial charge is 0.240 e. The van der Waals surface area contributed by atoms with Crippen LogP contribution in [0.2, 0.25) is 0 Å². The third-order valence-corrected chi connectivity index (χ3v) is 7.31. The third kappa shape index (κ3) is 7.30. The average molecular weight is 494 g/mol. The van der Waals surface area contributed by atoms with Crippen molar-refractivity contribution < 1.29 is 4.79 Å². The Morgan fingerprint density at radius 3 is 2.57 bits per heavy atom. The Balaban J connectivity index is 1.45. The van der Waals surface area contributed by atoms with E-state index in [2.05, 4.69) is 66.5 Å². The number of nitrogens with zero attached hydrogens (tertiary/aromatic N) is 6. The maximum absolute atomic E-state index is 12.8. The minimum atomic E-state index is -0.00839. The number of hydrogen-bond acceptors (Lipinski definition) is 8. The van der Waals surface area contributed by atoms with Gasteiger partial charge in [-0.3, -0.25) is 14.6 Å². The molecule has 4 rings (SSSR count). The van der Waals surface area contributed by atoms with Gasteiger partial charge in [-0.25, -0.2) is 15.0 Å². The number of thiazole rings is 1. The molecule has 1 aliphatic rings. The van der Waals surface area contributed by atoms with Crippen LogP contribution in [0, 0.1) is 19.8 Å². The molecular weight excluding hydrogens is 458 g/mol. The lowest BCUT2D eigenvalue weighted by Gasteiger charge is -2.24. The Morgan fingerprint density at radius 1 is 1.11 bits per heavy atom. The van der Waals surface area contributed by atoms with Gasteiger partial charge in [0.2, 0.25) is 5.91 Å². The summed E-state index contributed by atoms with van der Waals surface area (Å²) < 4.78 is 0. The van der Waals surface area contributed by atoms with E-state index in [0.29, 0.717) is 17.6 Å². The molecule has 8 nitrogen and oxygen atoms in total. The van der Waals surface area contributed by atoms with E-state index in [-0.39, 0.29) is 5.91 Å². The van der Waals surface area contributed by atoms with Gasteiger partial charge < -0.3 is 10.2 Å². The van der Waals surface area contributed by atoms with E-state index in [9.17, 15) is 4.79 Å². The van der Waals surface area contributed by atoms with E-state index in [1.165, 1.54) is 16.9 Å². The predicted octanol–water partition coefficient (Wildman–Crippen LogP) is 3.23. The van der Waals surface area contributed by atoms with Crippen LogP contribution in [-0.2, 0) is 17.8 Å². The molecule has 35 heavy (non-hydrogen) atoms. The Bertz CT molecular complexity index is 1100. The van der Waals surface area contributed by atoms with Gasteiger partial charge in [0.15, 0.2) is 5.13 Å². The first-order chi connectivity index (χ1) is 16.9. The lowest BCUT2D eigenvalue weighted by molar-refractivity contribution is -0.117. The van der Waals surface area contributed by atoms with Crippen LogP contribution >= 0.6 is 11.3 Å². The number of carbonyl (C=O) groups excluding carboxylic acids is 1. The number of anilines is 2. The fourth-order valence-electron chi connectivity index (χ4n) is 4.44. The highest BCUT2D eigenvalue weighted by atomic mass is 32.1. The van der Waals surface area contributed by atoms with Crippen LogP contribution in [0.25, 0.3) is 0 Å². The molecule has 1 saturated heterocycles. The standard InChI is InChI=1S/C26H35N7OS/c1-19-20(2)35-26(29-19)30-25(34)17-33-11-10-32(14-21-8-6-5-7-9-21)15-22(16-33)12-23-13-24(31(3)4)28-18-27-23/h5-9,13,18,22H,10-12,14-17H2,1-4H3,(H,29,30,34)/t22-/m0/s1. The molecule has 0 bridgehead atoms. The lowest BCUT2D eigenvalue weighted by Crippen LogP contribution is -2.37. The van der Waals surface area contributed by atoms with Crippen LogP contribution in [-0.4, -0.2) is 77.5 Å². The van der Waals surface area contributed by atoms with Gasteiger partial charge in [-0.05, 0) is 31.7 Å². The topological polar surface area (TPSA) is 77.5 Å². The second-order valence-corrected chi connectivity index (χ2v) is 10.7. The SMILES string of the molecule is Cc1nc(NC(=O)CN2CCN(Cc3ccccc3)C[C@H](Cc3cc(N(C)C)ncn3)C2)sc1C. The second kappa shape index (κ2) is 11.7. The first-order valence-electron chi connectivity index (χ1n) is 12.1. The van der Waals surface area contributed by atoms with Crippen molar-refractivity contribution in [3.63, 3.8) is 0 Å². The van der Waals surface area contributed by atoms with Gasteiger partial charge in [0, 0.05) is 63.5 Å². The van der Waals surface area contributed by atoms with Crippen LogP contribution in [0.3, 0.4) is 0 Å². The van der Waals surface area contributed by atoms with Crippen LogP contribution < -0.4 is 10.2 Å². The fraction of sp³-hybridized carbons (Fsp3) is 0.462. The average Bonchev–Trinajstić information content (AvgIpc) is 3.02. The molecule has 0 spiro atoms. The van der Waals surface area contributed by atoms with E-state index in [4.69, 9.17) is 0 Å². The van der Waals surface area contributed by atoms with E-state index in [0.717, 1.165) is 61.2 Å². The maximum atomic E-state index is 12.8. The molecule has 0 unspecified atom stereocenters. The van der Waals surface area contributed by atoms with E-state index < -0.39 is 0 Å². The molecule has 0 aliphatic carbocycles. The fourth-order valence-corrected chi connectivity index (χ4v) is 5.27. The van der Waals surface area contributed by atoms with Gasteiger partial charge in [0.1, 0.15) is 12.1 Å². The molecule has 1 amide bonds. The number of aryl methyl sites for hydroxylation is 2. The Hall–Kier alpha value is -2.88. The van der Waals surface area contributed by atoms with Crippen molar-refractivity contribution in [1.82, 2.24) is 24.8 Å². The molecule has 1 N–H and O–H groups in total. The zero-order valence-corrected chi connectivity index (χ0v) is 21.9. The van der Waals surface area contributed by atoms with Gasteiger partial charge in [0.25, 0.3) is 0 Å². The summed E-state index contributed by atoms with van der Waals surface area (Å²) in [6, 6.07) is 12.7. The van der Waals surface area contributed by atoms with Crippen molar-refractivity contribution in [3.05, 3.63) is 64.6 Å². The molecule has 9 heteroatoms. The number of amides is 1. The summed E-state index contributed by atoms with van der Waals surface area (Å²) >= 11 is 1.53. The number of nitrogens with one attached hydrogen (secondary N) is 1. The Kier molecular flexibility index (Phi) is 8.43. The van der Waals surface area contributed by atoms with E-state index in [1.807, 2.05) is 32.8 Å². The van der Waals surface area contributed by atoms with Crippen molar-refractivity contribution in [2.24, 2.45) is 5.92 Å². The number of hydrogen-bond donors (Lipinski definition) is 1. The highest BCUT2D eigenvalue weighted by molar-refractivity contribution is 7.15. The molecule has 1 atom stereocenters. The number of rotatable bonds is 8. The normalized spacial score (nSPS) is 17.2. The van der Waals surface area contributed by atoms with Gasteiger partial charge in [-0.2, -0.15) is 0 Å².